The average molecular weight is 382 g/mol. The Morgan fingerprint density at radius 2 is 1.86 bits per heavy atom. The van der Waals surface area contributed by atoms with Gasteiger partial charge in [-0.1, -0.05) is 12.1 Å². The third kappa shape index (κ3) is 4.46. The highest BCUT2D eigenvalue weighted by Gasteiger charge is 2.15. The van der Waals surface area contributed by atoms with E-state index < -0.39 is 5.97 Å². The second-order valence-electron chi connectivity index (χ2n) is 6.30. The summed E-state index contributed by atoms with van der Waals surface area (Å²) in [6, 6.07) is 10.8. The fourth-order valence-corrected chi connectivity index (χ4v) is 2.67. The number of aryl methyl sites for hydroxylation is 1. The molecule has 0 unspecified atom stereocenters. The van der Waals surface area contributed by atoms with E-state index in [-0.39, 0.29) is 12.5 Å². The summed E-state index contributed by atoms with van der Waals surface area (Å²) in [6.45, 7) is 4.40. The Kier molecular flexibility index (Phi) is 5.88. The molecule has 0 bridgehead atoms. The summed E-state index contributed by atoms with van der Waals surface area (Å²) in [6.07, 6.45) is 1.60. The molecule has 0 radical (unpaired) electrons. The SMILES string of the molecule is CCOc1ccc(CN(C)C(=O)COC(=O)c2ccc3nnc(C)n3c2)cc1. The maximum atomic E-state index is 12.3. The number of pyridine rings is 1. The van der Waals surface area contributed by atoms with Crippen molar-refractivity contribution in [3.8, 4) is 5.75 Å². The number of ether oxygens (including phenoxy) is 2. The summed E-state index contributed by atoms with van der Waals surface area (Å²) in [5.74, 6) is 0.590. The van der Waals surface area contributed by atoms with Crippen molar-refractivity contribution in [3.05, 3.63) is 59.5 Å². The number of hydrogen-bond acceptors (Lipinski definition) is 6. The van der Waals surface area contributed by atoms with Crippen molar-refractivity contribution in [1.82, 2.24) is 19.5 Å². The zero-order valence-electron chi connectivity index (χ0n) is 16.1. The maximum absolute atomic E-state index is 12.3. The quantitative estimate of drug-likeness (QED) is 0.583. The van der Waals surface area contributed by atoms with Crippen LogP contribution >= 0.6 is 0 Å². The largest absolute Gasteiger partial charge is 0.494 e. The topological polar surface area (TPSA) is 86.0 Å². The number of benzene rings is 1. The predicted molar refractivity (Wildman–Crippen MR) is 102 cm³/mol. The Morgan fingerprint density at radius 1 is 1.11 bits per heavy atom. The molecule has 3 rings (SSSR count). The van der Waals surface area contributed by atoms with E-state index in [1.165, 1.54) is 4.90 Å². The van der Waals surface area contributed by atoms with Gasteiger partial charge in [-0.05, 0) is 43.7 Å². The molecular weight excluding hydrogens is 360 g/mol. The molecule has 0 aliphatic carbocycles. The van der Waals surface area contributed by atoms with Crippen LogP contribution in [0.15, 0.2) is 42.6 Å². The van der Waals surface area contributed by atoms with Gasteiger partial charge in [-0.2, -0.15) is 0 Å². The highest BCUT2D eigenvalue weighted by Crippen LogP contribution is 2.13. The molecule has 0 spiro atoms. The number of amides is 1. The highest BCUT2D eigenvalue weighted by molar-refractivity contribution is 5.91. The van der Waals surface area contributed by atoms with E-state index in [9.17, 15) is 9.59 Å². The van der Waals surface area contributed by atoms with Gasteiger partial charge >= 0.3 is 5.97 Å². The third-order valence-corrected chi connectivity index (χ3v) is 4.22. The second kappa shape index (κ2) is 8.51. The van der Waals surface area contributed by atoms with Crippen LogP contribution < -0.4 is 4.74 Å². The molecule has 0 atom stereocenters. The summed E-state index contributed by atoms with van der Waals surface area (Å²) >= 11 is 0. The number of hydrogen-bond donors (Lipinski definition) is 0. The van der Waals surface area contributed by atoms with Gasteiger partial charge in [0.05, 0.1) is 12.2 Å². The monoisotopic (exact) mass is 382 g/mol. The minimum absolute atomic E-state index is 0.288. The first-order chi connectivity index (χ1) is 13.5. The number of carbonyl (C=O) groups is 2. The summed E-state index contributed by atoms with van der Waals surface area (Å²) in [5.41, 5.74) is 1.93. The lowest BCUT2D eigenvalue weighted by molar-refractivity contribution is -0.133. The summed E-state index contributed by atoms with van der Waals surface area (Å²) in [7, 11) is 1.67. The number of fused-ring (bicyclic) bond motifs is 1. The molecule has 146 valence electrons. The summed E-state index contributed by atoms with van der Waals surface area (Å²) in [5, 5.41) is 7.91. The first-order valence-electron chi connectivity index (χ1n) is 8.92. The van der Waals surface area contributed by atoms with E-state index in [2.05, 4.69) is 10.2 Å². The van der Waals surface area contributed by atoms with Gasteiger partial charge in [-0.15, -0.1) is 10.2 Å². The van der Waals surface area contributed by atoms with Crippen molar-refractivity contribution in [2.24, 2.45) is 0 Å². The van der Waals surface area contributed by atoms with Crippen LogP contribution in [0.4, 0.5) is 0 Å². The van der Waals surface area contributed by atoms with E-state index in [0.29, 0.717) is 30.2 Å². The van der Waals surface area contributed by atoms with Crippen LogP contribution in [0.3, 0.4) is 0 Å². The Morgan fingerprint density at radius 3 is 2.57 bits per heavy atom. The van der Waals surface area contributed by atoms with Gasteiger partial charge in [0, 0.05) is 19.8 Å². The first-order valence-corrected chi connectivity index (χ1v) is 8.92. The number of rotatable bonds is 7. The molecule has 8 heteroatoms. The predicted octanol–water partition coefficient (Wildman–Crippen LogP) is 2.25. The van der Waals surface area contributed by atoms with Crippen LogP contribution in [0.5, 0.6) is 5.75 Å². The lowest BCUT2D eigenvalue weighted by Crippen LogP contribution is -2.30. The van der Waals surface area contributed by atoms with Crippen LogP contribution in [-0.2, 0) is 16.1 Å². The number of likely N-dealkylation sites (N-methyl/N-ethyl adjacent to an activating group) is 1. The molecule has 0 saturated carbocycles. The molecule has 8 nitrogen and oxygen atoms in total. The van der Waals surface area contributed by atoms with Gasteiger partial charge in [0.2, 0.25) is 0 Å². The lowest BCUT2D eigenvalue weighted by Gasteiger charge is -2.17. The van der Waals surface area contributed by atoms with Gasteiger partial charge in [0.25, 0.3) is 5.91 Å². The maximum Gasteiger partial charge on any atom is 0.340 e. The van der Waals surface area contributed by atoms with Crippen molar-refractivity contribution in [2.45, 2.75) is 20.4 Å². The van der Waals surface area contributed by atoms with Crippen LogP contribution in [0, 0.1) is 6.92 Å². The minimum atomic E-state index is -0.571. The fourth-order valence-electron chi connectivity index (χ4n) is 2.67. The zero-order valence-corrected chi connectivity index (χ0v) is 16.1. The van der Waals surface area contributed by atoms with Crippen LogP contribution in [-0.4, -0.2) is 51.6 Å². The normalized spacial score (nSPS) is 10.7. The number of carbonyl (C=O) groups excluding carboxylic acids is 2. The van der Waals surface area contributed by atoms with Crippen molar-refractivity contribution < 1.29 is 19.1 Å². The summed E-state index contributed by atoms with van der Waals surface area (Å²) < 4.78 is 12.3. The minimum Gasteiger partial charge on any atom is -0.494 e. The third-order valence-electron chi connectivity index (χ3n) is 4.22. The first kappa shape index (κ1) is 19.3. The van der Waals surface area contributed by atoms with Crippen molar-refractivity contribution in [1.29, 1.82) is 0 Å². The van der Waals surface area contributed by atoms with E-state index in [4.69, 9.17) is 9.47 Å². The standard InChI is InChI=1S/C20H22N4O4/c1-4-27-17-8-5-15(6-9-17)11-23(3)19(25)13-28-20(26)16-7-10-18-22-21-14(2)24(18)12-16/h5-10,12H,4,11,13H2,1-3H3. The summed E-state index contributed by atoms with van der Waals surface area (Å²) in [4.78, 5) is 26.0. The molecule has 0 aliphatic rings. The molecule has 28 heavy (non-hydrogen) atoms. The van der Waals surface area contributed by atoms with Crippen molar-refractivity contribution in [3.63, 3.8) is 0 Å². The van der Waals surface area contributed by atoms with Gasteiger partial charge in [-0.25, -0.2) is 4.79 Å². The van der Waals surface area contributed by atoms with Gasteiger partial charge in [-0.3, -0.25) is 9.20 Å². The molecule has 1 aromatic carbocycles. The van der Waals surface area contributed by atoms with Crippen LogP contribution in [0.25, 0.3) is 5.65 Å². The molecule has 0 saturated heterocycles. The molecule has 0 aliphatic heterocycles. The Balaban J connectivity index is 1.54. The number of esters is 1. The zero-order chi connectivity index (χ0) is 20.1. The van der Waals surface area contributed by atoms with E-state index in [1.807, 2.05) is 31.2 Å². The van der Waals surface area contributed by atoms with Gasteiger partial charge < -0.3 is 14.4 Å². The highest BCUT2D eigenvalue weighted by atomic mass is 16.5. The molecule has 1 amide bonds. The van der Waals surface area contributed by atoms with E-state index in [0.717, 1.165) is 11.3 Å². The number of aromatic nitrogens is 3. The van der Waals surface area contributed by atoms with E-state index >= 15 is 0 Å². The Labute approximate surface area is 162 Å². The molecule has 2 aromatic heterocycles. The van der Waals surface area contributed by atoms with E-state index in [1.54, 1.807) is 36.7 Å². The second-order valence-corrected chi connectivity index (χ2v) is 6.30. The molecule has 0 N–H and O–H groups in total. The Hall–Kier alpha value is -3.42. The average Bonchev–Trinajstić information content (AvgIpc) is 3.07. The smallest absolute Gasteiger partial charge is 0.340 e. The molecule has 0 fully saturated rings. The van der Waals surface area contributed by atoms with Crippen molar-refractivity contribution >= 4 is 17.5 Å². The van der Waals surface area contributed by atoms with Gasteiger partial charge in [0.15, 0.2) is 12.3 Å². The lowest BCUT2D eigenvalue weighted by atomic mass is 10.2. The molecule has 3 aromatic rings. The fraction of sp³-hybridized carbons (Fsp3) is 0.300. The Bertz CT molecular complexity index is 982. The molecular formula is C20H22N4O4. The van der Waals surface area contributed by atoms with Crippen LogP contribution in [0.1, 0.15) is 28.7 Å². The van der Waals surface area contributed by atoms with Crippen LogP contribution in [0.2, 0.25) is 0 Å². The number of nitrogens with zero attached hydrogens (tertiary/aromatic N) is 4. The molecule has 2 heterocycles. The van der Waals surface area contributed by atoms with Gasteiger partial charge in [0.1, 0.15) is 11.6 Å². The van der Waals surface area contributed by atoms with Crippen molar-refractivity contribution in [2.75, 3.05) is 20.3 Å².